The van der Waals surface area contributed by atoms with Crippen molar-refractivity contribution in [1.29, 1.82) is 0 Å². The predicted octanol–water partition coefficient (Wildman–Crippen LogP) is 6.10. The normalized spacial score (nSPS) is 9.78. The molecule has 0 bridgehead atoms. The molecule has 0 aromatic carbocycles. The Morgan fingerprint density at radius 2 is 1.09 bits per heavy atom. The molecule has 0 amide bonds. The first-order chi connectivity index (χ1) is 9.77. The van der Waals surface area contributed by atoms with Crippen LogP contribution in [0.4, 0.5) is 0 Å². The van der Waals surface area contributed by atoms with Crippen molar-refractivity contribution in [1.82, 2.24) is 0 Å². The maximum atomic E-state index is 10.3. The van der Waals surface area contributed by atoms with Crippen LogP contribution in [-0.2, 0) is 56.0 Å². The zero-order valence-corrected chi connectivity index (χ0v) is 17.1. The maximum absolute atomic E-state index is 10.3. The van der Waals surface area contributed by atoms with Gasteiger partial charge < -0.3 is 5.11 Å². The molecule has 0 aliphatic heterocycles. The van der Waals surface area contributed by atoms with E-state index in [1.165, 1.54) is 70.6 Å². The van der Waals surface area contributed by atoms with E-state index in [2.05, 4.69) is 19.1 Å². The van der Waals surface area contributed by atoms with Crippen LogP contribution in [0.2, 0.25) is 0 Å². The molecule has 3 radical (unpaired) electrons. The molecular formula is C18H34Cu3O2. The SMILES string of the molecule is CCCCCCCC/C=C\CCCCCCCC(=O)O.[Cu].[Cu].[Cu]. The Kier molecular flexibility index (Phi) is 37.8. The van der Waals surface area contributed by atoms with Gasteiger partial charge in [0.1, 0.15) is 0 Å². The van der Waals surface area contributed by atoms with Crippen LogP contribution in [0.25, 0.3) is 0 Å². The predicted molar refractivity (Wildman–Crippen MR) is 87.1 cm³/mol. The zero-order chi connectivity index (χ0) is 14.9. The Hall–Kier alpha value is 0.768. The second-order valence-corrected chi connectivity index (χ2v) is 5.73. The van der Waals surface area contributed by atoms with Gasteiger partial charge in [0.15, 0.2) is 0 Å². The molecule has 0 saturated carbocycles. The molecule has 0 aliphatic rings. The molecule has 0 aromatic heterocycles. The number of carboxylic acids is 1. The van der Waals surface area contributed by atoms with Gasteiger partial charge in [-0.15, -0.1) is 0 Å². The van der Waals surface area contributed by atoms with Crippen LogP contribution < -0.4 is 0 Å². The van der Waals surface area contributed by atoms with E-state index in [1.54, 1.807) is 0 Å². The van der Waals surface area contributed by atoms with Gasteiger partial charge in [0, 0.05) is 57.6 Å². The summed E-state index contributed by atoms with van der Waals surface area (Å²) in [6.45, 7) is 2.26. The number of hydrogen-bond acceptors (Lipinski definition) is 1. The summed E-state index contributed by atoms with van der Waals surface area (Å²) < 4.78 is 0. The number of carbonyl (C=O) groups is 1. The Morgan fingerprint density at radius 1 is 0.696 bits per heavy atom. The van der Waals surface area contributed by atoms with Crippen LogP contribution in [-0.4, -0.2) is 11.1 Å². The molecule has 0 fully saturated rings. The number of carboxylic acid groups (broad SMARTS) is 1. The van der Waals surface area contributed by atoms with E-state index in [0.29, 0.717) is 6.42 Å². The molecule has 0 spiro atoms. The molecule has 23 heavy (non-hydrogen) atoms. The summed E-state index contributed by atoms with van der Waals surface area (Å²) in [6, 6.07) is 0. The van der Waals surface area contributed by atoms with E-state index >= 15 is 0 Å². The van der Waals surface area contributed by atoms with Crippen molar-refractivity contribution in [3.8, 4) is 0 Å². The molecule has 0 aromatic rings. The van der Waals surface area contributed by atoms with Gasteiger partial charge in [0.25, 0.3) is 0 Å². The van der Waals surface area contributed by atoms with Crippen LogP contribution >= 0.6 is 0 Å². The van der Waals surface area contributed by atoms with Crippen LogP contribution in [0.15, 0.2) is 12.2 Å². The van der Waals surface area contributed by atoms with E-state index in [4.69, 9.17) is 5.11 Å². The average Bonchev–Trinajstić information content (AvgIpc) is 2.43. The van der Waals surface area contributed by atoms with Crippen LogP contribution in [0.1, 0.15) is 96.8 Å². The minimum absolute atomic E-state index is 0. The first-order valence-corrected chi connectivity index (χ1v) is 8.64. The van der Waals surface area contributed by atoms with Gasteiger partial charge in [-0.2, -0.15) is 0 Å². The van der Waals surface area contributed by atoms with Crippen molar-refractivity contribution in [2.75, 3.05) is 0 Å². The molecule has 0 unspecified atom stereocenters. The molecule has 5 heteroatoms. The van der Waals surface area contributed by atoms with Crippen molar-refractivity contribution in [3.63, 3.8) is 0 Å². The van der Waals surface area contributed by atoms with Crippen molar-refractivity contribution in [3.05, 3.63) is 12.2 Å². The number of rotatable bonds is 15. The smallest absolute Gasteiger partial charge is 0.303 e. The first kappa shape index (κ1) is 31.5. The minimum Gasteiger partial charge on any atom is -0.481 e. The van der Waals surface area contributed by atoms with Gasteiger partial charge in [-0.1, -0.05) is 70.4 Å². The van der Waals surface area contributed by atoms with Gasteiger partial charge in [-0.05, 0) is 32.1 Å². The molecule has 0 atom stereocenters. The second kappa shape index (κ2) is 27.6. The van der Waals surface area contributed by atoms with E-state index in [1.807, 2.05) is 0 Å². The Labute approximate surface area is 175 Å². The van der Waals surface area contributed by atoms with Crippen LogP contribution in [0.3, 0.4) is 0 Å². The topological polar surface area (TPSA) is 37.3 Å². The van der Waals surface area contributed by atoms with E-state index in [0.717, 1.165) is 12.8 Å². The summed E-state index contributed by atoms with van der Waals surface area (Å²) in [5.74, 6) is -0.664. The fourth-order valence-corrected chi connectivity index (χ4v) is 2.35. The summed E-state index contributed by atoms with van der Waals surface area (Å²) in [5, 5.41) is 8.51. The molecule has 0 rings (SSSR count). The molecule has 0 heterocycles. The number of hydrogen-bond donors (Lipinski definition) is 1. The van der Waals surface area contributed by atoms with Crippen molar-refractivity contribution in [2.45, 2.75) is 96.8 Å². The molecule has 1 N–H and O–H groups in total. The second-order valence-electron chi connectivity index (χ2n) is 5.73. The van der Waals surface area contributed by atoms with Crippen molar-refractivity contribution in [2.24, 2.45) is 0 Å². The van der Waals surface area contributed by atoms with Gasteiger partial charge in [0.05, 0.1) is 0 Å². The van der Waals surface area contributed by atoms with Crippen molar-refractivity contribution < 1.29 is 61.1 Å². The third kappa shape index (κ3) is 31.1. The Bertz CT molecular complexity index is 246. The summed E-state index contributed by atoms with van der Waals surface area (Å²) in [7, 11) is 0. The van der Waals surface area contributed by atoms with Gasteiger partial charge >= 0.3 is 5.97 Å². The summed E-state index contributed by atoms with van der Waals surface area (Å²) in [5.41, 5.74) is 0. The van der Waals surface area contributed by atoms with E-state index in [9.17, 15) is 4.79 Å². The van der Waals surface area contributed by atoms with E-state index in [-0.39, 0.29) is 51.2 Å². The monoisotopic (exact) mass is 471 g/mol. The number of unbranched alkanes of at least 4 members (excludes halogenated alkanes) is 11. The third-order valence-corrected chi connectivity index (χ3v) is 3.65. The molecule has 151 valence electrons. The molecular weight excluding hydrogens is 439 g/mol. The number of aliphatic carboxylic acids is 1. The largest absolute Gasteiger partial charge is 0.481 e. The zero-order valence-electron chi connectivity index (χ0n) is 14.3. The van der Waals surface area contributed by atoms with Crippen LogP contribution in [0, 0.1) is 0 Å². The van der Waals surface area contributed by atoms with Crippen molar-refractivity contribution >= 4 is 5.97 Å². The van der Waals surface area contributed by atoms with Gasteiger partial charge in [-0.3, -0.25) is 4.79 Å². The quantitative estimate of drug-likeness (QED) is 0.177. The first-order valence-electron chi connectivity index (χ1n) is 8.64. The van der Waals surface area contributed by atoms with E-state index < -0.39 is 5.97 Å². The Balaban J connectivity index is -0.000000602. The van der Waals surface area contributed by atoms with Gasteiger partial charge in [0.2, 0.25) is 0 Å². The fraction of sp³-hybridized carbons (Fsp3) is 0.833. The average molecular weight is 473 g/mol. The molecule has 0 aliphatic carbocycles. The fourth-order valence-electron chi connectivity index (χ4n) is 2.35. The maximum Gasteiger partial charge on any atom is 0.303 e. The summed E-state index contributed by atoms with van der Waals surface area (Å²) in [4.78, 5) is 10.3. The minimum atomic E-state index is -0.664. The standard InChI is InChI=1S/C18H34O2.3Cu/c1-2-3-4-5-6-7-8-9-10-11-12-13-14-15-16-17-18(19)20;;;/h9-10H,2-8,11-17H2,1H3,(H,19,20);;;/b10-9-;;;. The molecule has 0 saturated heterocycles. The Morgan fingerprint density at radius 3 is 1.52 bits per heavy atom. The molecule has 2 nitrogen and oxygen atoms in total. The number of allylic oxidation sites excluding steroid dienone is 2. The van der Waals surface area contributed by atoms with Crippen LogP contribution in [0.5, 0.6) is 0 Å². The summed E-state index contributed by atoms with van der Waals surface area (Å²) >= 11 is 0. The third-order valence-electron chi connectivity index (χ3n) is 3.65. The summed E-state index contributed by atoms with van der Waals surface area (Å²) in [6.07, 6.45) is 21.2. The van der Waals surface area contributed by atoms with Gasteiger partial charge in [-0.25, -0.2) is 0 Å².